The Balaban J connectivity index is 2.06. The van der Waals surface area contributed by atoms with Gasteiger partial charge in [-0.15, -0.1) is 0 Å². The van der Waals surface area contributed by atoms with E-state index < -0.39 is 0 Å². The van der Waals surface area contributed by atoms with E-state index in [1.165, 1.54) is 6.07 Å². The van der Waals surface area contributed by atoms with Crippen molar-refractivity contribution >= 4 is 0 Å². The van der Waals surface area contributed by atoms with Gasteiger partial charge >= 0.3 is 0 Å². The smallest absolute Gasteiger partial charge is 0.128 e. The summed E-state index contributed by atoms with van der Waals surface area (Å²) in [4.78, 5) is 0. The average molecular weight is 275 g/mol. The van der Waals surface area contributed by atoms with Gasteiger partial charge < -0.3 is 5.32 Å². The van der Waals surface area contributed by atoms with Gasteiger partial charge in [-0.05, 0) is 25.5 Å². The second-order valence-electron chi connectivity index (χ2n) is 4.98. The monoisotopic (exact) mass is 275 g/mol. The number of rotatable bonds is 7. The Bertz CT molecular complexity index is 536. The third-order valence-electron chi connectivity index (χ3n) is 3.39. The molecule has 1 unspecified atom stereocenters. The lowest BCUT2D eigenvalue weighted by Gasteiger charge is -2.14. The first-order chi connectivity index (χ1) is 9.74. The fraction of sp³-hybridized carbons (Fsp3) is 0.438. The van der Waals surface area contributed by atoms with Gasteiger partial charge in [0, 0.05) is 23.4 Å². The van der Waals surface area contributed by atoms with E-state index in [4.69, 9.17) is 0 Å². The topological polar surface area (TPSA) is 29.9 Å². The van der Waals surface area contributed by atoms with E-state index in [0.29, 0.717) is 18.2 Å². The van der Waals surface area contributed by atoms with Crippen LogP contribution in [0, 0.1) is 5.82 Å². The minimum Gasteiger partial charge on any atom is -0.310 e. The molecule has 1 atom stereocenters. The van der Waals surface area contributed by atoms with E-state index in [2.05, 4.69) is 24.3 Å². The number of nitrogens with one attached hydrogen (secondary N) is 1. The van der Waals surface area contributed by atoms with Gasteiger partial charge in [0.15, 0.2) is 0 Å². The van der Waals surface area contributed by atoms with Crippen LogP contribution in [-0.4, -0.2) is 16.3 Å². The number of halogens is 1. The first-order valence-electron chi connectivity index (χ1n) is 7.23. The minimum atomic E-state index is -0.180. The summed E-state index contributed by atoms with van der Waals surface area (Å²) in [6.07, 6.45) is 6.01. The molecular weight excluding hydrogens is 253 g/mol. The number of aromatic nitrogens is 2. The van der Waals surface area contributed by atoms with E-state index in [0.717, 1.165) is 24.9 Å². The van der Waals surface area contributed by atoms with Crippen LogP contribution < -0.4 is 5.32 Å². The summed E-state index contributed by atoms with van der Waals surface area (Å²) in [7, 11) is 0. The van der Waals surface area contributed by atoms with Gasteiger partial charge in [0.1, 0.15) is 5.82 Å². The van der Waals surface area contributed by atoms with E-state index in [1.54, 1.807) is 16.8 Å². The summed E-state index contributed by atoms with van der Waals surface area (Å²) in [5.41, 5.74) is 1.83. The zero-order chi connectivity index (χ0) is 14.4. The quantitative estimate of drug-likeness (QED) is 0.838. The highest BCUT2D eigenvalue weighted by Gasteiger charge is 2.11. The first kappa shape index (κ1) is 14.7. The maximum atomic E-state index is 13.6. The van der Waals surface area contributed by atoms with E-state index >= 15 is 0 Å². The van der Waals surface area contributed by atoms with Crippen LogP contribution in [0.5, 0.6) is 0 Å². The van der Waals surface area contributed by atoms with Gasteiger partial charge in [-0.1, -0.05) is 32.0 Å². The van der Waals surface area contributed by atoms with Gasteiger partial charge in [-0.3, -0.25) is 4.68 Å². The van der Waals surface area contributed by atoms with Gasteiger partial charge in [-0.25, -0.2) is 4.39 Å². The Morgan fingerprint density at radius 1 is 1.30 bits per heavy atom. The zero-order valence-corrected chi connectivity index (χ0v) is 12.1. The number of benzene rings is 1. The molecule has 0 spiro atoms. The summed E-state index contributed by atoms with van der Waals surface area (Å²) < 4.78 is 15.4. The summed E-state index contributed by atoms with van der Waals surface area (Å²) in [6, 6.07) is 7.15. The summed E-state index contributed by atoms with van der Waals surface area (Å²) in [5.74, 6) is -0.180. The molecule has 2 aromatic rings. The Morgan fingerprint density at radius 2 is 2.10 bits per heavy atom. The van der Waals surface area contributed by atoms with Crippen molar-refractivity contribution in [1.29, 1.82) is 0 Å². The first-order valence-corrected chi connectivity index (χ1v) is 7.23. The highest BCUT2D eigenvalue weighted by molar-refractivity contribution is 5.18. The molecule has 0 aliphatic rings. The molecule has 2 rings (SSSR count). The molecule has 1 aromatic heterocycles. The maximum Gasteiger partial charge on any atom is 0.128 e. The van der Waals surface area contributed by atoms with Crippen LogP contribution >= 0.6 is 0 Å². The van der Waals surface area contributed by atoms with Gasteiger partial charge in [0.2, 0.25) is 0 Å². The molecule has 0 aliphatic heterocycles. The average Bonchev–Trinajstić information content (AvgIpc) is 2.91. The van der Waals surface area contributed by atoms with Crippen molar-refractivity contribution in [3.8, 4) is 0 Å². The highest BCUT2D eigenvalue weighted by Crippen LogP contribution is 2.16. The second-order valence-corrected chi connectivity index (χ2v) is 4.98. The molecule has 108 valence electrons. The minimum absolute atomic E-state index is 0.180. The predicted molar refractivity (Wildman–Crippen MR) is 79.1 cm³/mol. The molecule has 4 heteroatoms. The molecule has 0 saturated carbocycles. The third kappa shape index (κ3) is 3.67. The lowest BCUT2D eigenvalue weighted by molar-refractivity contribution is 0.517. The lowest BCUT2D eigenvalue weighted by Crippen LogP contribution is -2.21. The molecule has 0 saturated heterocycles. The van der Waals surface area contributed by atoms with Crippen molar-refractivity contribution in [3.63, 3.8) is 0 Å². The van der Waals surface area contributed by atoms with Crippen molar-refractivity contribution < 1.29 is 4.39 Å². The number of hydrogen-bond donors (Lipinski definition) is 1. The molecule has 0 fully saturated rings. The molecule has 1 aromatic carbocycles. The van der Waals surface area contributed by atoms with Crippen molar-refractivity contribution in [2.24, 2.45) is 0 Å². The highest BCUT2D eigenvalue weighted by atomic mass is 19.1. The number of hydrogen-bond acceptors (Lipinski definition) is 2. The molecule has 0 amide bonds. The van der Waals surface area contributed by atoms with Crippen LogP contribution in [0.4, 0.5) is 4.39 Å². The molecule has 1 heterocycles. The van der Waals surface area contributed by atoms with E-state index in [1.807, 2.05) is 18.5 Å². The van der Waals surface area contributed by atoms with Crippen molar-refractivity contribution in [2.45, 2.75) is 39.3 Å². The van der Waals surface area contributed by atoms with Crippen LogP contribution in [-0.2, 0) is 6.54 Å². The van der Waals surface area contributed by atoms with Gasteiger partial charge in [0.05, 0.1) is 12.7 Å². The number of nitrogens with zero attached hydrogens (tertiary/aromatic N) is 2. The van der Waals surface area contributed by atoms with Gasteiger partial charge in [0.25, 0.3) is 0 Å². The summed E-state index contributed by atoms with van der Waals surface area (Å²) in [5, 5.41) is 7.84. The molecule has 0 aliphatic carbocycles. The van der Waals surface area contributed by atoms with Crippen LogP contribution in [0.2, 0.25) is 0 Å². The maximum absolute atomic E-state index is 13.6. The predicted octanol–water partition coefficient (Wildman–Crippen LogP) is 3.52. The molecule has 0 bridgehead atoms. The Labute approximate surface area is 119 Å². The Hall–Kier alpha value is -1.68. The van der Waals surface area contributed by atoms with Crippen molar-refractivity contribution in [2.75, 3.05) is 6.54 Å². The molecule has 3 nitrogen and oxygen atoms in total. The Morgan fingerprint density at radius 3 is 2.80 bits per heavy atom. The summed E-state index contributed by atoms with van der Waals surface area (Å²) >= 11 is 0. The van der Waals surface area contributed by atoms with E-state index in [9.17, 15) is 4.39 Å². The molecular formula is C16H22FN3. The van der Waals surface area contributed by atoms with Gasteiger partial charge in [-0.2, -0.15) is 5.10 Å². The van der Waals surface area contributed by atoms with Crippen LogP contribution in [0.1, 0.15) is 43.9 Å². The fourth-order valence-corrected chi connectivity index (χ4v) is 2.26. The van der Waals surface area contributed by atoms with Crippen LogP contribution in [0.25, 0.3) is 0 Å². The molecule has 20 heavy (non-hydrogen) atoms. The SMILES string of the molecule is CCCNC(CC)c1cnn(Cc2ccccc2F)c1. The van der Waals surface area contributed by atoms with Crippen molar-refractivity contribution in [3.05, 3.63) is 53.6 Å². The Kier molecular flexibility index (Phi) is 5.30. The third-order valence-corrected chi connectivity index (χ3v) is 3.39. The standard InChI is InChI=1S/C16H22FN3/c1-3-9-18-16(4-2)14-10-19-20(12-14)11-13-7-5-6-8-15(13)17/h5-8,10,12,16,18H,3-4,9,11H2,1-2H3. The normalized spacial score (nSPS) is 12.6. The second kappa shape index (κ2) is 7.20. The van der Waals surface area contributed by atoms with Crippen molar-refractivity contribution in [1.82, 2.24) is 15.1 Å². The lowest BCUT2D eigenvalue weighted by atomic mass is 10.1. The van der Waals surface area contributed by atoms with Crippen LogP contribution in [0.15, 0.2) is 36.7 Å². The van der Waals surface area contributed by atoms with E-state index in [-0.39, 0.29) is 5.82 Å². The largest absolute Gasteiger partial charge is 0.310 e. The molecule has 0 radical (unpaired) electrons. The summed E-state index contributed by atoms with van der Waals surface area (Å²) in [6.45, 7) is 5.77. The fourth-order valence-electron chi connectivity index (χ4n) is 2.26. The van der Waals surface area contributed by atoms with Crippen LogP contribution in [0.3, 0.4) is 0 Å². The zero-order valence-electron chi connectivity index (χ0n) is 12.1. The molecule has 1 N–H and O–H groups in total.